The second kappa shape index (κ2) is 6.37. The Morgan fingerprint density at radius 1 is 1.29 bits per heavy atom. The van der Waals surface area contributed by atoms with Gasteiger partial charge in [0, 0.05) is 13.0 Å². The molecular weight excluding hydrogens is 296 g/mol. The zero-order valence-corrected chi connectivity index (χ0v) is 13.0. The molecule has 0 aliphatic heterocycles. The van der Waals surface area contributed by atoms with E-state index in [1.165, 1.54) is 6.07 Å². The van der Waals surface area contributed by atoms with Gasteiger partial charge in [-0.2, -0.15) is 4.98 Å². The van der Waals surface area contributed by atoms with Crippen LogP contribution in [0.4, 0.5) is 0 Å². The van der Waals surface area contributed by atoms with Crippen molar-refractivity contribution in [2.75, 3.05) is 6.54 Å². The lowest BCUT2D eigenvalue weighted by molar-refractivity contribution is 0.387. The standard InChI is InChI=1S/C12H18N4O4S/c1-4-13-6-10-5-11(8(2)19-10)21(17,18)14-7-12-15-9(3)20-16-12/h5,13-14H,4,6-7H2,1-3H3. The number of rotatable bonds is 7. The molecule has 2 aromatic heterocycles. The summed E-state index contributed by atoms with van der Waals surface area (Å²) in [5.41, 5.74) is 0. The lowest BCUT2D eigenvalue weighted by atomic mass is 10.4. The van der Waals surface area contributed by atoms with Gasteiger partial charge in [-0.3, -0.25) is 0 Å². The van der Waals surface area contributed by atoms with Crippen LogP contribution in [0.25, 0.3) is 0 Å². The molecule has 0 amide bonds. The van der Waals surface area contributed by atoms with Crippen LogP contribution in [-0.4, -0.2) is 25.1 Å². The van der Waals surface area contributed by atoms with Gasteiger partial charge >= 0.3 is 0 Å². The number of nitrogens with one attached hydrogen (secondary N) is 2. The van der Waals surface area contributed by atoms with Crippen molar-refractivity contribution < 1.29 is 17.4 Å². The Labute approximate surface area is 123 Å². The highest BCUT2D eigenvalue weighted by atomic mass is 32.2. The molecule has 2 N–H and O–H groups in total. The van der Waals surface area contributed by atoms with E-state index in [0.29, 0.717) is 24.0 Å². The van der Waals surface area contributed by atoms with Crippen LogP contribution in [0, 0.1) is 13.8 Å². The number of aryl methyl sites for hydroxylation is 2. The van der Waals surface area contributed by atoms with Gasteiger partial charge in [0.05, 0.1) is 13.1 Å². The van der Waals surface area contributed by atoms with Crippen LogP contribution in [0.1, 0.15) is 30.2 Å². The largest absolute Gasteiger partial charge is 0.464 e. The van der Waals surface area contributed by atoms with E-state index in [1.54, 1.807) is 13.8 Å². The molecule has 2 heterocycles. The third-order valence-corrected chi connectivity index (χ3v) is 4.26. The highest BCUT2D eigenvalue weighted by Gasteiger charge is 2.21. The summed E-state index contributed by atoms with van der Waals surface area (Å²) in [5.74, 6) is 1.59. The monoisotopic (exact) mass is 314 g/mol. The average molecular weight is 314 g/mol. The molecule has 0 aromatic carbocycles. The molecule has 0 radical (unpaired) electrons. The molecule has 0 fully saturated rings. The van der Waals surface area contributed by atoms with Crippen molar-refractivity contribution in [1.29, 1.82) is 0 Å². The Morgan fingerprint density at radius 2 is 2.05 bits per heavy atom. The van der Waals surface area contributed by atoms with Crippen LogP contribution in [0.3, 0.4) is 0 Å². The fraction of sp³-hybridized carbons (Fsp3) is 0.500. The Balaban J connectivity index is 2.09. The second-order valence-corrected chi connectivity index (χ2v) is 6.20. The van der Waals surface area contributed by atoms with E-state index in [0.717, 1.165) is 6.54 Å². The highest BCUT2D eigenvalue weighted by Crippen LogP contribution is 2.20. The van der Waals surface area contributed by atoms with Crippen molar-refractivity contribution in [2.45, 2.75) is 38.8 Å². The number of sulfonamides is 1. The minimum absolute atomic E-state index is 0.0349. The van der Waals surface area contributed by atoms with Crippen LogP contribution in [0.5, 0.6) is 0 Å². The molecule has 0 bridgehead atoms. The smallest absolute Gasteiger partial charge is 0.244 e. The summed E-state index contributed by atoms with van der Waals surface area (Å²) >= 11 is 0. The summed E-state index contributed by atoms with van der Waals surface area (Å²) in [4.78, 5) is 4.06. The van der Waals surface area contributed by atoms with Crippen LogP contribution in [-0.2, 0) is 23.1 Å². The molecule has 9 heteroatoms. The van der Waals surface area contributed by atoms with E-state index in [-0.39, 0.29) is 17.3 Å². The molecule has 0 spiro atoms. The van der Waals surface area contributed by atoms with Gasteiger partial charge in [-0.05, 0) is 13.5 Å². The van der Waals surface area contributed by atoms with Crippen molar-refractivity contribution in [3.05, 3.63) is 29.3 Å². The van der Waals surface area contributed by atoms with E-state index in [9.17, 15) is 8.42 Å². The van der Waals surface area contributed by atoms with Gasteiger partial charge in [0.2, 0.25) is 15.9 Å². The summed E-state index contributed by atoms with van der Waals surface area (Å²) in [7, 11) is -3.68. The van der Waals surface area contributed by atoms with E-state index < -0.39 is 10.0 Å². The topological polar surface area (TPSA) is 110 Å². The average Bonchev–Trinajstić information content (AvgIpc) is 3.00. The molecule has 116 valence electrons. The van der Waals surface area contributed by atoms with Crippen LogP contribution >= 0.6 is 0 Å². The summed E-state index contributed by atoms with van der Waals surface area (Å²) in [5, 5.41) is 6.71. The predicted molar refractivity (Wildman–Crippen MR) is 73.9 cm³/mol. The van der Waals surface area contributed by atoms with Crippen LogP contribution < -0.4 is 10.0 Å². The molecule has 0 atom stereocenters. The Bertz CT molecular complexity index is 705. The molecule has 2 aromatic rings. The molecular formula is C12H18N4O4S. The Morgan fingerprint density at radius 3 is 2.67 bits per heavy atom. The fourth-order valence-corrected chi connectivity index (χ4v) is 2.96. The van der Waals surface area contributed by atoms with Crippen molar-refractivity contribution in [3.63, 3.8) is 0 Å². The van der Waals surface area contributed by atoms with Gasteiger partial charge in [-0.1, -0.05) is 12.1 Å². The first-order chi connectivity index (χ1) is 9.92. The first-order valence-corrected chi connectivity index (χ1v) is 7.99. The zero-order chi connectivity index (χ0) is 15.5. The van der Waals surface area contributed by atoms with Crippen molar-refractivity contribution in [2.24, 2.45) is 0 Å². The van der Waals surface area contributed by atoms with Crippen LogP contribution in [0.15, 0.2) is 19.9 Å². The maximum absolute atomic E-state index is 12.2. The van der Waals surface area contributed by atoms with Gasteiger partial charge in [-0.25, -0.2) is 13.1 Å². The van der Waals surface area contributed by atoms with Crippen molar-refractivity contribution in [3.8, 4) is 0 Å². The summed E-state index contributed by atoms with van der Waals surface area (Å²) in [6.07, 6.45) is 0. The maximum Gasteiger partial charge on any atom is 0.244 e. The number of hydrogen-bond donors (Lipinski definition) is 2. The first-order valence-electron chi connectivity index (χ1n) is 6.51. The first kappa shape index (κ1) is 15.7. The summed E-state index contributed by atoms with van der Waals surface area (Å²) in [6.45, 7) is 6.43. The van der Waals surface area contributed by atoms with E-state index in [1.807, 2.05) is 6.92 Å². The number of nitrogens with zero attached hydrogens (tertiary/aromatic N) is 2. The maximum atomic E-state index is 12.2. The second-order valence-electron chi connectivity index (χ2n) is 4.47. The van der Waals surface area contributed by atoms with Crippen molar-refractivity contribution in [1.82, 2.24) is 20.2 Å². The van der Waals surface area contributed by atoms with E-state index >= 15 is 0 Å². The normalized spacial score (nSPS) is 12.0. The fourth-order valence-electron chi connectivity index (χ4n) is 1.78. The predicted octanol–water partition coefficient (Wildman–Crippen LogP) is 0.867. The number of hydrogen-bond acceptors (Lipinski definition) is 7. The number of furan rings is 1. The SMILES string of the molecule is CCNCc1cc(S(=O)(=O)NCc2noc(C)n2)c(C)o1. The summed E-state index contributed by atoms with van der Waals surface area (Å²) < 4.78 is 37.1. The van der Waals surface area contributed by atoms with E-state index in [4.69, 9.17) is 8.94 Å². The molecule has 0 saturated carbocycles. The third kappa shape index (κ3) is 3.90. The lowest BCUT2D eigenvalue weighted by Crippen LogP contribution is -2.24. The lowest BCUT2D eigenvalue weighted by Gasteiger charge is -2.02. The zero-order valence-electron chi connectivity index (χ0n) is 12.1. The number of aromatic nitrogens is 2. The van der Waals surface area contributed by atoms with Gasteiger partial charge < -0.3 is 14.3 Å². The quantitative estimate of drug-likeness (QED) is 0.780. The van der Waals surface area contributed by atoms with Crippen LogP contribution in [0.2, 0.25) is 0 Å². The minimum Gasteiger partial charge on any atom is -0.464 e. The van der Waals surface area contributed by atoms with Gasteiger partial charge in [0.15, 0.2) is 5.82 Å². The molecule has 21 heavy (non-hydrogen) atoms. The van der Waals surface area contributed by atoms with Gasteiger partial charge in [0.1, 0.15) is 16.4 Å². The Kier molecular flexibility index (Phi) is 4.76. The van der Waals surface area contributed by atoms with Crippen molar-refractivity contribution >= 4 is 10.0 Å². The Hall–Kier alpha value is -1.71. The van der Waals surface area contributed by atoms with Gasteiger partial charge in [-0.15, -0.1) is 0 Å². The van der Waals surface area contributed by atoms with Gasteiger partial charge in [0.25, 0.3) is 0 Å². The highest BCUT2D eigenvalue weighted by molar-refractivity contribution is 7.89. The molecule has 0 aliphatic carbocycles. The molecule has 0 unspecified atom stereocenters. The minimum atomic E-state index is -3.68. The third-order valence-electron chi connectivity index (χ3n) is 2.75. The summed E-state index contributed by atoms with van der Waals surface area (Å²) in [6, 6.07) is 1.52. The molecule has 2 rings (SSSR count). The molecule has 0 saturated heterocycles. The molecule has 8 nitrogen and oxygen atoms in total. The molecule has 0 aliphatic rings. The van der Waals surface area contributed by atoms with E-state index in [2.05, 4.69) is 20.2 Å².